The highest BCUT2D eigenvalue weighted by Gasteiger charge is 2.46. The van der Waals surface area contributed by atoms with E-state index in [1.165, 1.54) is 12.1 Å². The van der Waals surface area contributed by atoms with Gasteiger partial charge in [-0.3, -0.25) is 0 Å². The highest BCUT2D eigenvalue weighted by Crippen LogP contribution is 2.39. The zero-order chi connectivity index (χ0) is 18.2. The monoisotopic (exact) mass is 368 g/mol. The molecule has 0 saturated carbocycles. The number of sulfonamides is 1. The minimum atomic E-state index is -4.68. The molecule has 8 heteroatoms. The number of hydrogen-bond donors (Lipinski definition) is 0. The van der Waals surface area contributed by atoms with Crippen LogP contribution in [0, 0.1) is 6.92 Å². The normalized spacial score (nSPS) is 18.3. The fraction of sp³-hybridized carbons (Fsp3) is 0.235. The lowest BCUT2D eigenvalue weighted by Crippen LogP contribution is -2.27. The van der Waals surface area contributed by atoms with Crippen molar-refractivity contribution in [3.05, 3.63) is 65.7 Å². The molecular weight excluding hydrogens is 353 g/mol. The van der Waals surface area contributed by atoms with Crippen LogP contribution in [0.25, 0.3) is 0 Å². The van der Waals surface area contributed by atoms with Crippen LogP contribution in [0.15, 0.2) is 64.6 Å². The van der Waals surface area contributed by atoms with Crippen molar-refractivity contribution < 1.29 is 21.6 Å². The number of benzene rings is 2. The van der Waals surface area contributed by atoms with Gasteiger partial charge in [0.05, 0.1) is 10.9 Å². The Labute approximate surface area is 143 Å². The van der Waals surface area contributed by atoms with Crippen LogP contribution < -0.4 is 0 Å². The highest BCUT2D eigenvalue weighted by atomic mass is 32.2. The molecule has 0 saturated heterocycles. The molecule has 0 aliphatic carbocycles. The zero-order valence-corrected chi connectivity index (χ0v) is 14.1. The Morgan fingerprint density at radius 1 is 1.04 bits per heavy atom. The van der Waals surface area contributed by atoms with Gasteiger partial charge in [-0.15, -0.1) is 0 Å². The number of halogens is 3. The van der Waals surface area contributed by atoms with Gasteiger partial charge >= 0.3 is 6.18 Å². The van der Waals surface area contributed by atoms with E-state index in [4.69, 9.17) is 0 Å². The summed E-state index contributed by atoms with van der Waals surface area (Å²) in [5, 5.41) is 3.42. The third-order valence-corrected chi connectivity index (χ3v) is 5.65. The van der Waals surface area contributed by atoms with Gasteiger partial charge in [0, 0.05) is 6.42 Å². The molecule has 0 spiro atoms. The lowest BCUT2D eigenvalue weighted by molar-refractivity contribution is -0.0600. The van der Waals surface area contributed by atoms with Crippen LogP contribution in [0.3, 0.4) is 0 Å². The molecule has 0 N–H and O–H groups in total. The standard InChI is InChI=1S/C17H15F3N2O2S/c1-12-7-9-14(10-8-12)25(23,24)22-15(13-5-3-2-4-6-13)11-16(21-22)17(18,19)20/h2-10,15H,11H2,1H3. The van der Waals surface area contributed by atoms with Crippen molar-refractivity contribution in [3.8, 4) is 0 Å². The van der Waals surface area contributed by atoms with Crippen molar-refractivity contribution in [2.24, 2.45) is 5.10 Å². The molecule has 1 unspecified atom stereocenters. The lowest BCUT2D eigenvalue weighted by Gasteiger charge is -2.23. The van der Waals surface area contributed by atoms with E-state index in [2.05, 4.69) is 5.10 Å². The van der Waals surface area contributed by atoms with Gasteiger partial charge in [-0.05, 0) is 24.6 Å². The number of alkyl halides is 3. The van der Waals surface area contributed by atoms with E-state index in [9.17, 15) is 21.6 Å². The van der Waals surface area contributed by atoms with E-state index in [1.807, 2.05) is 0 Å². The summed E-state index contributed by atoms with van der Waals surface area (Å²) in [5.41, 5.74) is 0.206. The molecule has 0 aromatic heterocycles. The van der Waals surface area contributed by atoms with Crippen molar-refractivity contribution in [2.75, 3.05) is 0 Å². The Kier molecular flexibility index (Phi) is 4.32. The van der Waals surface area contributed by atoms with Crippen molar-refractivity contribution in [3.63, 3.8) is 0 Å². The van der Waals surface area contributed by atoms with Gasteiger partial charge in [-0.1, -0.05) is 48.0 Å². The van der Waals surface area contributed by atoms with Crippen molar-refractivity contribution in [2.45, 2.75) is 30.5 Å². The third kappa shape index (κ3) is 3.39. The van der Waals surface area contributed by atoms with E-state index in [-0.39, 0.29) is 4.90 Å². The molecule has 132 valence electrons. The van der Waals surface area contributed by atoms with Crippen molar-refractivity contribution in [1.82, 2.24) is 4.41 Å². The maximum absolute atomic E-state index is 13.1. The summed E-state index contributed by atoms with van der Waals surface area (Å²) < 4.78 is 65.6. The average Bonchev–Trinajstić information content (AvgIpc) is 3.02. The van der Waals surface area contributed by atoms with Crippen LogP contribution in [0.4, 0.5) is 13.2 Å². The number of rotatable bonds is 3. The average molecular weight is 368 g/mol. The Morgan fingerprint density at radius 2 is 1.64 bits per heavy atom. The van der Waals surface area contributed by atoms with Gasteiger partial charge in [-0.2, -0.15) is 31.1 Å². The second-order valence-electron chi connectivity index (χ2n) is 5.77. The maximum Gasteiger partial charge on any atom is 0.431 e. The SMILES string of the molecule is Cc1ccc(S(=O)(=O)N2N=C(C(F)(F)F)CC2c2ccccc2)cc1. The van der Waals surface area contributed by atoms with E-state index >= 15 is 0 Å². The predicted octanol–water partition coefficient (Wildman–Crippen LogP) is 4.05. The first-order valence-corrected chi connectivity index (χ1v) is 8.94. The molecular formula is C17H15F3N2O2S. The minimum Gasteiger partial charge on any atom is -0.200 e. The molecule has 0 radical (unpaired) electrons. The quantitative estimate of drug-likeness (QED) is 0.821. The maximum atomic E-state index is 13.1. The molecule has 0 bridgehead atoms. The molecule has 1 heterocycles. The third-order valence-electron chi connectivity index (χ3n) is 3.95. The Bertz CT molecular complexity index is 892. The molecule has 0 amide bonds. The summed E-state index contributed by atoms with van der Waals surface area (Å²) in [4.78, 5) is -0.0915. The summed E-state index contributed by atoms with van der Waals surface area (Å²) >= 11 is 0. The van der Waals surface area contributed by atoms with Crippen LogP contribution in [-0.4, -0.2) is 24.7 Å². The molecule has 25 heavy (non-hydrogen) atoms. The first-order chi connectivity index (χ1) is 11.7. The molecule has 4 nitrogen and oxygen atoms in total. The molecule has 1 atom stereocenters. The summed E-state index contributed by atoms with van der Waals surface area (Å²) in [7, 11) is -4.20. The van der Waals surface area contributed by atoms with Gasteiger partial charge in [0.1, 0.15) is 5.71 Å². The summed E-state index contributed by atoms with van der Waals surface area (Å²) in [5.74, 6) is 0. The van der Waals surface area contributed by atoms with Gasteiger partial charge < -0.3 is 0 Å². The summed E-state index contributed by atoms with van der Waals surface area (Å²) in [6.45, 7) is 1.79. The van der Waals surface area contributed by atoms with E-state index < -0.39 is 34.4 Å². The number of nitrogens with zero attached hydrogens (tertiary/aromatic N) is 2. The van der Waals surface area contributed by atoms with Crippen molar-refractivity contribution in [1.29, 1.82) is 0 Å². The van der Waals surface area contributed by atoms with Crippen LogP contribution in [-0.2, 0) is 10.0 Å². The Morgan fingerprint density at radius 3 is 2.20 bits per heavy atom. The van der Waals surface area contributed by atoms with Gasteiger partial charge in [0.15, 0.2) is 0 Å². The fourth-order valence-electron chi connectivity index (χ4n) is 2.62. The Hall–Kier alpha value is -2.35. The summed E-state index contributed by atoms with van der Waals surface area (Å²) in [6, 6.07) is 13.1. The largest absolute Gasteiger partial charge is 0.431 e. The first kappa shape index (κ1) is 17.5. The first-order valence-electron chi connectivity index (χ1n) is 7.50. The van der Waals surface area contributed by atoms with Crippen LogP contribution in [0.2, 0.25) is 0 Å². The topological polar surface area (TPSA) is 49.7 Å². The van der Waals surface area contributed by atoms with E-state index in [0.717, 1.165) is 5.56 Å². The van der Waals surface area contributed by atoms with E-state index in [1.54, 1.807) is 49.4 Å². The molecule has 1 aliphatic heterocycles. The second-order valence-corrected chi connectivity index (χ2v) is 7.56. The molecule has 3 rings (SSSR count). The van der Waals surface area contributed by atoms with E-state index in [0.29, 0.717) is 9.98 Å². The molecule has 1 aliphatic rings. The number of hydrazone groups is 1. The zero-order valence-electron chi connectivity index (χ0n) is 13.2. The van der Waals surface area contributed by atoms with Crippen LogP contribution in [0.1, 0.15) is 23.6 Å². The van der Waals surface area contributed by atoms with Gasteiger partial charge in [0.2, 0.25) is 0 Å². The number of aryl methyl sites for hydroxylation is 1. The molecule has 2 aromatic rings. The predicted molar refractivity (Wildman–Crippen MR) is 87.5 cm³/mol. The van der Waals surface area contributed by atoms with Crippen molar-refractivity contribution >= 4 is 15.7 Å². The van der Waals surface area contributed by atoms with Crippen LogP contribution >= 0.6 is 0 Å². The lowest BCUT2D eigenvalue weighted by atomic mass is 10.0. The van der Waals surface area contributed by atoms with Gasteiger partial charge in [0.25, 0.3) is 10.0 Å². The fourth-order valence-corrected chi connectivity index (χ4v) is 4.06. The van der Waals surface area contributed by atoms with Gasteiger partial charge in [-0.25, -0.2) is 0 Å². The molecule has 2 aromatic carbocycles. The minimum absolute atomic E-state index is 0.0915. The highest BCUT2D eigenvalue weighted by molar-refractivity contribution is 7.89. The second kappa shape index (κ2) is 6.18. The number of hydrogen-bond acceptors (Lipinski definition) is 3. The van der Waals surface area contributed by atoms with Crippen LogP contribution in [0.5, 0.6) is 0 Å². The molecule has 0 fully saturated rings. The summed E-state index contributed by atoms with van der Waals surface area (Å²) in [6.07, 6.45) is -5.19. The Balaban J connectivity index is 2.08. The smallest absolute Gasteiger partial charge is 0.200 e.